The molecule has 0 bridgehead atoms. The lowest BCUT2D eigenvalue weighted by molar-refractivity contribution is 1.07. The molecule has 0 saturated heterocycles. The third-order valence-electron chi connectivity index (χ3n) is 13.4. The van der Waals surface area contributed by atoms with Gasteiger partial charge in [0.2, 0.25) is 0 Å². The summed E-state index contributed by atoms with van der Waals surface area (Å²) in [5.74, 6) is 1.87. The molecule has 7 heterocycles. The van der Waals surface area contributed by atoms with Gasteiger partial charge in [0.1, 0.15) is 0 Å². The molecule has 0 unspecified atom stereocenters. The average molecular weight is 870 g/mol. The zero-order chi connectivity index (χ0) is 44.7. The van der Waals surface area contributed by atoms with Crippen LogP contribution in [0.5, 0.6) is 0 Å². The Hall–Kier alpha value is -9.33. The summed E-state index contributed by atoms with van der Waals surface area (Å²) in [7, 11) is 0. The van der Waals surface area contributed by atoms with Crippen LogP contribution in [-0.2, 0) is 0 Å². The minimum absolute atomic E-state index is 0.609. The SMILES string of the molecule is c1ccc(-c2nc(-c3ccccc3)nc(-c3cccc(-n4c5ccc(-n6c7ccccc7c7c6c(-c6ccccc6)c6ccccn67)cc5c5c4c(-c4ccccc4)c4ccccn45)c3)n2)cc1. The summed E-state index contributed by atoms with van der Waals surface area (Å²) in [5, 5.41) is 2.34. The first-order valence-corrected chi connectivity index (χ1v) is 23.0. The van der Waals surface area contributed by atoms with E-state index in [2.05, 4.69) is 194 Å². The highest BCUT2D eigenvalue weighted by Gasteiger charge is 2.26. The summed E-state index contributed by atoms with van der Waals surface area (Å²) in [6.07, 6.45) is 4.40. The third-order valence-corrected chi connectivity index (χ3v) is 13.4. The molecule has 318 valence electrons. The molecular weight excluding hydrogens is 831 g/mol. The lowest BCUT2D eigenvalue weighted by atomic mass is 10.1. The second-order valence-electron chi connectivity index (χ2n) is 17.3. The molecule has 0 radical (unpaired) electrons. The van der Waals surface area contributed by atoms with Crippen LogP contribution >= 0.6 is 0 Å². The Labute approximate surface area is 390 Å². The van der Waals surface area contributed by atoms with E-state index in [9.17, 15) is 0 Å². The molecule has 7 aromatic carbocycles. The van der Waals surface area contributed by atoms with Crippen LogP contribution in [0.1, 0.15) is 0 Å². The Morgan fingerprint density at radius 1 is 0.265 bits per heavy atom. The number of rotatable bonds is 7. The minimum Gasteiger partial charge on any atom is -0.314 e. The van der Waals surface area contributed by atoms with E-state index in [1.54, 1.807) is 0 Å². The molecule has 7 heteroatoms. The van der Waals surface area contributed by atoms with Gasteiger partial charge in [-0.25, -0.2) is 15.0 Å². The zero-order valence-electron chi connectivity index (χ0n) is 36.6. The highest BCUT2D eigenvalue weighted by molar-refractivity contribution is 6.20. The lowest BCUT2D eigenvalue weighted by Gasteiger charge is -2.14. The van der Waals surface area contributed by atoms with Crippen LogP contribution in [0.2, 0.25) is 0 Å². The molecule has 0 fully saturated rings. The molecule has 14 aromatic rings. The molecule has 0 aliphatic carbocycles. The third kappa shape index (κ3) is 5.76. The maximum Gasteiger partial charge on any atom is 0.164 e. The topological polar surface area (TPSA) is 57.3 Å². The van der Waals surface area contributed by atoms with Gasteiger partial charge in [-0.3, -0.25) is 0 Å². The largest absolute Gasteiger partial charge is 0.314 e. The van der Waals surface area contributed by atoms with Crippen LogP contribution < -0.4 is 0 Å². The van der Waals surface area contributed by atoms with E-state index < -0.39 is 0 Å². The van der Waals surface area contributed by atoms with E-state index in [1.807, 2.05) is 60.7 Å². The Bertz CT molecular complexity index is 4180. The van der Waals surface area contributed by atoms with Crippen LogP contribution in [0.3, 0.4) is 0 Å². The summed E-state index contributed by atoms with van der Waals surface area (Å²) < 4.78 is 9.66. The standard InChI is InChI=1S/C61H39N7/c1-5-20-40(21-6-1)53-51-32-15-17-36-65(51)55-47-30-13-14-31-49(47)68(57(53)55)46-34-35-50-48(39-46)56-58(54(41-22-7-2-8-23-41)52-33-16-18-37-66(52)56)67(50)45-29-19-28-44(38-45)61-63-59(42-24-9-3-10-25-42)62-60(64-61)43-26-11-4-12-27-43/h1-39H. The highest BCUT2D eigenvalue weighted by atomic mass is 15.1. The summed E-state index contributed by atoms with van der Waals surface area (Å²) in [4.78, 5) is 15.3. The number of hydrogen-bond acceptors (Lipinski definition) is 3. The molecule has 0 aliphatic heterocycles. The number of nitrogens with zero attached hydrogens (tertiary/aromatic N) is 7. The Morgan fingerprint density at radius 3 is 1.24 bits per heavy atom. The van der Waals surface area contributed by atoms with E-state index in [4.69, 9.17) is 15.0 Å². The van der Waals surface area contributed by atoms with E-state index >= 15 is 0 Å². The smallest absolute Gasteiger partial charge is 0.164 e. The van der Waals surface area contributed by atoms with Gasteiger partial charge in [0, 0.05) is 62.4 Å². The molecular formula is C61H39N7. The van der Waals surface area contributed by atoms with Gasteiger partial charge in [0.25, 0.3) is 0 Å². The number of hydrogen-bond donors (Lipinski definition) is 0. The first-order chi connectivity index (χ1) is 33.8. The van der Waals surface area contributed by atoms with Crippen molar-refractivity contribution in [2.45, 2.75) is 0 Å². The number of aromatic nitrogens is 7. The molecule has 0 saturated carbocycles. The van der Waals surface area contributed by atoms with Crippen molar-refractivity contribution in [1.82, 2.24) is 32.9 Å². The summed E-state index contributed by atoms with van der Waals surface area (Å²) in [6, 6.07) is 79.4. The molecule has 0 aliphatic rings. The van der Waals surface area contributed by atoms with Gasteiger partial charge >= 0.3 is 0 Å². The van der Waals surface area contributed by atoms with Crippen molar-refractivity contribution in [2.75, 3.05) is 0 Å². The second-order valence-corrected chi connectivity index (χ2v) is 17.3. The maximum absolute atomic E-state index is 5.14. The van der Waals surface area contributed by atoms with Gasteiger partial charge in [0.05, 0.1) is 44.1 Å². The van der Waals surface area contributed by atoms with Crippen molar-refractivity contribution in [3.8, 4) is 67.8 Å². The first-order valence-electron chi connectivity index (χ1n) is 23.0. The number of para-hydroxylation sites is 1. The second kappa shape index (κ2) is 15.1. The first kappa shape index (κ1) is 38.0. The fraction of sp³-hybridized carbons (Fsp3) is 0. The summed E-state index contributed by atoms with van der Waals surface area (Å²) in [6.45, 7) is 0. The Balaban J connectivity index is 1.06. The fourth-order valence-corrected chi connectivity index (χ4v) is 10.5. The normalized spacial score (nSPS) is 11.8. The van der Waals surface area contributed by atoms with Gasteiger partial charge in [-0.05, 0) is 71.8 Å². The summed E-state index contributed by atoms with van der Waals surface area (Å²) in [5.41, 5.74) is 18.8. The number of fused-ring (bicyclic) bond motifs is 10. The zero-order valence-corrected chi connectivity index (χ0v) is 36.6. The maximum atomic E-state index is 5.14. The molecule has 0 amide bonds. The quantitative estimate of drug-likeness (QED) is 0.160. The Morgan fingerprint density at radius 2 is 0.676 bits per heavy atom. The van der Waals surface area contributed by atoms with Gasteiger partial charge in [-0.2, -0.15) is 0 Å². The van der Waals surface area contributed by atoms with Gasteiger partial charge in [0.15, 0.2) is 17.5 Å². The number of pyridine rings is 2. The van der Waals surface area contributed by atoms with E-state index in [0.29, 0.717) is 17.5 Å². The van der Waals surface area contributed by atoms with Crippen molar-refractivity contribution in [3.05, 3.63) is 237 Å². The van der Waals surface area contributed by atoms with Crippen LogP contribution in [0.25, 0.3) is 123 Å². The van der Waals surface area contributed by atoms with Crippen molar-refractivity contribution in [3.63, 3.8) is 0 Å². The predicted molar refractivity (Wildman–Crippen MR) is 278 cm³/mol. The fourth-order valence-electron chi connectivity index (χ4n) is 10.5. The van der Waals surface area contributed by atoms with Gasteiger partial charge < -0.3 is 17.9 Å². The average Bonchev–Trinajstić information content (AvgIpc) is 4.14. The van der Waals surface area contributed by atoms with Crippen LogP contribution in [0.15, 0.2) is 237 Å². The summed E-state index contributed by atoms with van der Waals surface area (Å²) >= 11 is 0. The molecule has 0 N–H and O–H groups in total. The molecule has 0 atom stereocenters. The van der Waals surface area contributed by atoms with Crippen molar-refractivity contribution >= 4 is 54.9 Å². The molecule has 68 heavy (non-hydrogen) atoms. The number of benzene rings is 7. The van der Waals surface area contributed by atoms with Crippen molar-refractivity contribution < 1.29 is 0 Å². The molecule has 0 spiro atoms. The van der Waals surface area contributed by atoms with E-state index in [-0.39, 0.29) is 0 Å². The lowest BCUT2D eigenvalue weighted by Crippen LogP contribution is -2.01. The van der Waals surface area contributed by atoms with Crippen LogP contribution in [-0.4, -0.2) is 32.9 Å². The molecule has 7 nitrogen and oxygen atoms in total. The van der Waals surface area contributed by atoms with Crippen LogP contribution in [0.4, 0.5) is 0 Å². The van der Waals surface area contributed by atoms with Gasteiger partial charge in [-0.15, -0.1) is 0 Å². The molecule has 7 aromatic heterocycles. The van der Waals surface area contributed by atoms with Gasteiger partial charge in [-0.1, -0.05) is 164 Å². The highest BCUT2D eigenvalue weighted by Crippen LogP contribution is 2.46. The monoisotopic (exact) mass is 869 g/mol. The van der Waals surface area contributed by atoms with Crippen molar-refractivity contribution in [1.29, 1.82) is 0 Å². The predicted octanol–water partition coefficient (Wildman–Crippen LogP) is 14.9. The van der Waals surface area contributed by atoms with Crippen molar-refractivity contribution in [2.24, 2.45) is 0 Å². The van der Waals surface area contributed by atoms with E-state index in [0.717, 1.165) is 66.6 Å². The van der Waals surface area contributed by atoms with Crippen LogP contribution in [0, 0.1) is 0 Å². The Kier molecular flexibility index (Phi) is 8.45. The van der Waals surface area contributed by atoms with E-state index in [1.165, 1.54) is 38.6 Å². The minimum atomic E-state index is 0.609. The molecule has 14 rings (SSSR count).